The van der Waals surface area contributed by atoms with Crippen molar-refractivity contribution in [2.75, 3.05) is 6.54 Å². The van der Waals surface area contributed by atoms with Crippen LogP contribution in [0.4, 0.5) is 0 Å². The lowest BCUT2D eigenvalue weighted by atomic mass is 9.95. The Hall–Kier alpha value is -1.85. The second-order valence-corrected chi connectivity index (χ2v) is 9.04. The molecule has 6 heteroatoms. The second-order valence-electron chi connectivity index (χ2n) is 8.60. The summed E-state index contributed by atoms with van der Waals surface area (Å²) in [5.41, 5.74) is 1.78. The van der Waals surface area contributed by atoms with Crippen molar-refractivity contribution in [3.63, 3.8) is 0 Å². The van der Waals surface area contributed by atoms with Gasteiger partial charge < -0.3 is 9.84 Å². The van der Waals surface area contributed by atoms with Gasteiger partial charge in [0.1, 0.15) is 0 Å². The average molecular weight is 404 g/mol. The normalized spacial score (nSPS) is 20.8. The topological polar surface area (TPSA) is 58.4 Å². The van der Waals surface area contributed by atoms with Crippen LogP contribution in [-0.4, -0.2) is 34.6 Å². The van der Waals surface area contributed by atoms with Crippen LogP contribution in [0.3, 0.4) is 0 Å². The van der Waals surface area contributed by atoms with Crippen LogP contribution in [0.2, 0.25) is 5.02 Å². The van der Waals surface area contributed by atoms with Crippen molar-refractivity contribution in [3.05, 3.63) is 41.0 Å². The van der Waals surface area contributed by atoms with Crippen LogP contribution in [0.1, 0.15) is 46.2 Å². The molecule has 1 aromatic heterocycles. The van der Waals surface area contributed by atoms with Crippen LogP contribution in [0.25, 0.3) is 11.3 Å². The largest absolute Gasteiger partial charge is 0.356 e. The molecule has 1 aliphatic rings. The molecule has 1 N–H and O–H groups in total. The molecule has 1 fully saturated rings. The molecule has 28 heavy (non-hydrogen) atoms. The maximum Gasteiger partial charge on any atom is 0.237 e. The first-order chi connectivity index (χ1) is 13.3. The number of piperazine rings is 1. The van der Waals surface area contributed by atoms with E-state index in [1.807, 2.05) is 30.3 Å². The van der Waals surface area contributed by atoms with E-state index in [2.05, 4.69) is 43.1 Å². The number of aromatic nitrogens is 1. The molecule has 1 amide bonds. The maximum absolute atomic E-state index is 12.8. The Balaban J connectivity index is 1.76. The molecule has 0 radical (unpaired) electrons. The molecule has 1 saturated heterocycles. The van der Waals surface area contributed by atoms with Gasteiger partial charge >= 0.3 is 0 Å². The first-order valence-electron chi connectivity index (χ1n) is 10.1. The number of halogens is 1. The Kier molecular flexibility index (Phi) is 6.78. The highest BCUT2D eigenvalue weighted by molar-refractivity contribution is 6.30. The molecule has 5 nitrogen and oxygen atoms in total. The summed E-state index contributed by atoms with van der Waals surface area (Å²) in [7, 11) is 0. The second kappa shape index (κ2) is 9.10. The third-order valence-corrected chi connectivity index (χ3v) is 5.30. The van der Waals surface area contributed by atoms with E-state index >= 15 is 0 Å². The van der Waals surface area contributed by atoms with Gasteiger partial charge in [-0.2, -0.15) is 0 Å². The number of benzene rings is 1. The molecular weight excluding hydrogens is 374 g/mol. The molecule has 152 valence electrons. The molecule has 0 spiro atoms. The minimum absolute atomic E-state index is 0.126. The van der Waals surface area contributed by atoms with Crippen LogP contribution < -0.4 is 5.32 Å². The van der Waals surface area contributed by atoms with Gasteiger partial charge in [-0.05, 0) is 48.9 Å². The van der Waals surface area contributed by atoms with E-state index in [0.717, 1.165) is 30.6 Å². The van der Waals surface area contributed by atoms with E-state index in [1.165, 1.54) is 0 Å². The lowest BCUT2D eigenvalue weighted by molar-refractivity contribution is -0.132. The standard InChI is InChI=1S/C22H30ClN3O2/c1-14(2)9-18-12-26(20(10-15(3)4)22(27)24-18)13-19-11-21(28-25-19)16-5-7-17(23)8-6-16/h5-8,11,14-15,18,20H,9-10,12-13H2,1-4H3,(H,24,27). The molecule has 3 rings (SSSR count). The lowest BCUT2D eigenvalue weighted by Crippen LogP contribution is -2.60. The molecule has 1 aromatic carbocycles. The molecule has 2 unspecified atom stereocenters. The van der Waals surface area contributed by atoms with Crippen LogP contribution in [0.15, 0.2) is 34.9 Å². The number of carbonyl (C=O) groups excluding carboxylic acids is 1. The molecule has 2 atom stereocenters. The fourth-order valence-corrected chi connectivity index (χ4v) is 3.97. The van der Waals surface area contributed by atoms with E-state index in [0.29, 0.717) is 29.2 Å². The Morgan fingerprint density at radius 1 is 1.18 bits per heavy atom. The number of nitrogens with zero attached hydrogens (tertiary/aromatic N) is 2. The quantitative estimate of drug-likeness (QED) is 0.724. The van der Waals surface area contributed by atoms with Crippen molar-refractivity contribution in [1.29, 1.82) is 0 Å². The highest BCUT2D eigenvalue weighted by Crippen LogP contribution is 2.25. The third kappa shape index (κ3) is 5.36. The molecular formula is C22H30ClN3O2. The summed E-state index contributed by atoms with van der Waals surface area (Å²) in [5, 5.41) is 8.16. The third-order valence-electron chi connectivity index (χ3n) is 5.05. The number of rotatable bonds is 7. The molecule has 2 heterocycles. The maximum atomic E-state index is 12.8. The van der Waals surface area contributed by atoms with Crippen molar-refractivity contribution in [3.8, 4) is 11.3 Å². The van der Waals surface area contributed by atoms with Gasteiger partial charge in [-0.25, -0.2) is 0 Å². The first kappa shape index (κ1) is 20.9. The fourth-order valence-electron chi connectivity index (χ4n) is 3.84. The summed E-state index contributed by atoms with van der Waals surface area (Å²) in [4.78, 5) is 15.0. The Bertz CT molecular complexity index is 785. The number of hydrogen-bond acceptors (Lipinski definition) is 4. The van der Waals surface area contributed by atoms with Crippen molar-refractivity contribution >= 4 is 17.5 Å². The zero-order chi connectivity index (χ0) is 20.3. The number of amides is 1. The Morgan fingerprint density at radius 3 is 2.50 bits per heavy atom. The highest BCUT2D eigenvalue weighted by Gasteiger charge is 2.35. The van der Waals surface area contributed by atoms with Crippen LogP contribution in [-0.2, 0) is 11.3 Å². The number of nitrogens with one attached hydrogen (secondary N) is 1. The average Bonchev–Trinajstić information content (AvgIpc) is 3.06. The van der Waals surface area contributed by atoms with E-state index in [1.54, 1.807) is 0 Å². The highest BCUT2D eigenvalue weighted by atomic mass is 35.5. The van der Waals surface area contributed by atoms with E-state index in [-0.39, 0.29) is 18.0 Å². The zero-order valence-electron chi connectivity index (χ0n) is 17.1. The van der Waals surface area contributed by atoms with E-state index < -0.39 is 0 Å². The summed E-state index contributed by atoms with van der Waals surface area (Å²) in [6.07, 6.45) is 1.81. The van der Waals surface area contributed by atoms with Gasteiger partial charge in [0.2, 0.25) is 5.91 Å². The van der Waals surface area contributed by atoms with Gasteiger partial charge in [0.25, 0.3) is 0 Å². The van der Waals surface area contributed by atoms with Crippen LogP contribution >= 0.6 is 11.6 Å². The Morgan fingerprint density at radius 2 is 1.86 bits per heavy atom. The summed E-state index contributed by atoms with van der Waals surface area (Å²) in [5.74, 6) is 1.83. The van der Waals surface area contributed by atoms with Gasteiger partial charge in [-0.3, -0.25) is 9.69 Å². The summed E-state index contributed by atoms with van der Waals surface area (Å²) in [6.45, 7) is 10.1. The predicted molar refractivity (Wildman–Crippen MR) is 112 cm³/mol. The first-order valence-corrected chi connectivity index (χ1v) is 10.5. The Labute approximate surface area is 172 Å². The van der Waals surface area contributed by atoms with Gasteiger partial charge in [-0.1, -0.05) is 44.5 Å². The van der Waals surface area contributed by atoms with Crippen LogP contribution in [0, 0.1) is 11.8 Å². The van der Waals surface area contributed by atoms with Crippen molar-refractivity contribution in [2.24, 2.45) is 11.8 Å². The fraction of sp³-hybridized carbons (Fsp3) is 0.545. The summed E-state index contributed by atoms with van der Waals surface area (Å²) >= 11 is 5.96. The monoisotopic (exact) mass is 403 g/mol. The molecule has 0 bridgehead atoms. The molecule has 2 aromatic rings. The van der Waals surface area contributed by atoms with Crippen molar-refractivity contribution in [2.45, 2.75) is 59.2 Å². The van der Waals surface area contributed by atoms with E-state index in [9.17, 15) is 4.79 Å². The minimum Gasteiger partial charge on any atom is -0.356 e. The van der Waals surface area contributed by atoms with Gasteiger partial charge in [0, 0.05) is 35.8 Å². The summed E-state index contributed by atoms with van der Waals surface area (Å²) in [6, 6.07) is 9.52. The number of hydrogen-bond donors (Lipinski definition) is 1. The van der Waals surface area contributed by atoms with Crippen LogP contribution in [0.5, 0.6) is 0 Å². The molecule has 0 saturated carbocycles. The molecule has 0 aliphatic carbocycles. The zero-order valence-corrected chi connectivity index (χ0v) is 17.9. The number of carbonyl (C=O) groups is 1. The lowest BCUT2D eigenvalue weighted by Gasteiger charge is -2.40. The predicted octanol–water partition coefficient (Wildman–Crippen LogP) is 4.76. The van der Waals surface area contributed by atoms with Crippen molar-refractivity contribution < 1.29 is 9.32 Å². The summed E-state index contributed by atoms with van der Waals surface area (Å²) < 4.78 is 5.55. The van der Waals surface area contributed by atoms with Crippen molar-refractivity contribution in [1.82, 2.24) is 15.4 Å². The molecule has 1 aliphatic heterocycles. The minimum atomic E-state index is -0.126. The SMILES string of the molecule is CC(C)CC1CN(Cc2cc(-c3ccc(Cl)cc3)on2)C(CC(C)C)C(=O)N1. The van der Waals surface area contributed by atoms with Gasteiger partial charge in [-0.15, -0.1) is 0 Å². The van der Waals surface area contributed by atoms with E-state index in [4.69, 9.17) is 16.1 Å². The van der Waals surface area contributed by atoms with Gasteiger partial charge in [0.15, 0.2) is 5.76 Å². The smallest absolute Gasteiger partial charge is 0.237 e. The van der Waals surface area contributed by atoms with Gasteiger partial charge in [0.05, 0.1) is 11.7 Å².